The van der Waals surface area contributed by atoms with Gasteiger partial charge in [0.1, 0.15) is 6.54 Å². The van der Waals surface area contributed by atoms with Gasteiger partial charge in [0.05, 0.1) is 49.2 Å². The molecular formula is C18H25F17N2NaO8S2. The summed E-state index contributed by atoms with van der Waals surface area (Å²) in [5, 5.41) is 10.6. The molecule has 0 aliphatic rings. The Morgan fingerprint density at radius 1 is 0.688 bits per heavy atom. The fourth-order valence-electron chi connectivity index (χ4n) is 3.36. The fourth-order valence-corrected chi connectivity index (χ4v) is 5.46. The molecule has 4 N–H and O–H groups in total. The first-order chi connectivity index (χ1) is 19.8. The Morgan fingerprint density at radius 3 is 1.38 bits per heavy atom. The molecule has 0 aliphatic carbocycles. The van der Waals surface area contributed by atoms with Crippen molar-refractivity contribution in [1.82, 2.24) is 4.31 Å². The van der Waals surface area contributed by atoms with Crippen molar-refractivity contribution in [2.45, 2.75) is 59.5 Å². The first kappa shape index (κ1) is 51.8. The number of aliphatic hydroxyl groups excluding tert-OH is 2. The number of quaternary nitrogens is 1. The van der Waals surface area contributed by atoms with Crippen LogP contribution in [0.25, 0.3) is 0 Å². The van der Waals surface area contributed by atoms with E-state index in [1.54, 1.807) is 0 Å². The van der Waals surface area contributed by atoms with E-state index in [1.807, 2.05) is 0 Å². The Labute approximate surface area is 281 Å². The van der Waals surface area contributed by atoms with Crippen LogP contribution in [0.2, 0.25) is 0 Å². The molecule has 0 saturated carbocycles. The smallest absolute Gasteiger partial charge is 0.460 e. The predicted octanol–water partition coefficient (Wildman–Crippen LogP) is 1.74. The minimum atomic E-state index is -9.05. The molecule has 0 spiro atoms. The van der Waals surface area contributed by atoms with Gasteiger partial charge < -0.3 is 24.7 Å². The van der Waals surface area contributed by atoms with E-state index in [0.29, 0.717) is 0 Å². The van der Waals surface area contributed by atoms with E-state index in [9.17, 15) is 101 Å². The number of hydrogen-bond acceptors (Lipinski definition) is 7. The van der Waals surface area contributed by atoms with Gasteiger partial charge in [-0.25, -0.2) is 16.8 Å². The summed E-state index contributed by atoms with van der Waals surface area (Å²) < 4.78 is 287. The number of sulfonamides is 1. The zero-order valence-corrected chi connectivity index (χ0v) is 27.7. The Kier molecular flexibility index (Phi) is 16.9. The second-order valence-electron chi connectivity index (χ2n) is 10.2. The molecule has 0 bridgehead atoms. The van der Waals surface area contributed by atoms with Crippen LogP contribution < -0.4 is 0 Å². The van der Waals surface area contributed by atoms with Gasteiger partial charge in [-0.15, -0.1) is 0 Å². The van der Waals surface area contributed by atoms with Crippen LogP contribution in [0.1, 0.15) is 6.42 Å². The average molecular weight is 807 g/mol. The Balaban J connectivity index is -0.0000101. The molecule has 0 rings (SSSR count). The van der Waals surface area contributed by atoms with Crippen LogP contribution in [0, 0.1) is 0 Å². The third kappa shape index (κ3) is 9.46. The SMILES string of the molecule is C[N+](C)(CCO)CCCN(CC(O)CS(=O)(=O)[O-])S(=O)(=O)C(F)(F)C(F)(F)C(F)(F)C(F)(F)C(F)(F)C(F)(F)C(F)(F)C(F)(F)F.O.[Na]. The molecule has 287 valence electrons. The van der Waals surface area contributed by atoms with Crippen LogP contribution in [0.4, 0.5) is 74.6 Å². The molecule has 30 heteroatoms. The zero-order valence-electron chi connectivity index (χ0n) is 24.1. The molecule has 0 heterocycles. The first-order valence-electron chi connectivity index (χ1n) is 11.5. The van der Waals surface area contributed by atoms with Gasteiger partial charge in [-0.05, 0) is 0 Å². The van der Waals surface area contributed by atoms with Crippen molar-refractivity contribution in [1.29, 1.82) is 0 Å². The second kappa shape index (κ2) is 15.6. The van der Waals surface area contributed by atoms with E-state index in [-0.39, 0.29) is 46.1 Å². The third-order valence-corrected chi connectivity index (χ3v) is 8.75. The molecular weight excluding hydrogens is 782 g/mol. The number of likely N-dealkylation sites (N-methyl/N-ethyl adjacent to an activating group) is 1. The summed E-state index contributed by atoms with van der Waals surface area (Å²) in [6.45, 7) is -5.26. The van der Waals surface area contributed by atoms with Crippen LogP contribution in [-0.2, 0) is 20.1 Å². The van der Waals surface area contributed by atoms with Crippen LogP contribution >= 0.6 is 0 Å². The van der Waals surface area contributed by atoms with E-state index >= 15 is 0 Å². The number of rotatable bonds is 18. The van der Waals surface area contributed by atoms with Crippen molar-refractivity contribution >= 4 is 49.7 Å². The van der Waals surface area contributed by atoms with Gasteiger partial charge in [0.2, 0.25) is 0 Å². The topological polar surface area (TPSA) is 167 Å². The maximum Gasteiger partial charge on any atom is 0.460 e. The van der Waals surface area contributed by atoms with Crippen molar-refractivity contribution in [3.8, 4) is 0 Å². The van der Waals surface area contributed by atoms with Crippen LogP contribution in [0.5, 0.6) is 0 Å². The van der Waals surface area contributed by atoms with Crippen molar-refractivity contribution in [2.75, 3.05) is 52.6 Å². The van der Waals surface area contributed by atoms with E-state index in [2.05, 4.69) is 0 Å². The van der Waals surface area contributed by atoms with Gasteiger partial charge in [0.25, 0.3) is 10.0 Å². The van der Waals surface area contributed by atoms with Gasteiger partial charge in [-0.2, -0.15) is 78.9 Å². The largest absolute Gasteiger partial charge is 0.748 e. The summed E-state index contributed by atoms with van der Waals surface area (Å²) in [5.41, 5.74) is 0. The summed E-state index contributed by atoms with van der Waals surface area (Å²) in [6, 6.07) is 0. The quantitative estimate of drug-likeness (QED) is 0.0922. The molecule has 1 radical (unpaired) electrons. The molecule has 0 aromatic rings. The molecule has 0 fully saturated rings. The van der Waals surface area contributed by atoms with Gasteiger partial charge in [0.15, 0.2) is 0 Å². The summed E-state index contributed by atoms with van der Waals surface area (Å²) in [4.78, 5) is 0. The monoisotopic (exact) mass is 807 g/mol. The number of halogens is 17. The van der Waals surface area contributed by atoms with Crippen molar-refractivity contribution in [2.24, 2.45) is 0 Å². The molecule has 0 aliphatic heterocycles. The van der Waals surface area contributed by atoms with Crippen molar-refractivity contribution in [3.63, 3.8) is 0 Å². The van der Waals surface area contributed by atoms with E-state index < -0.39 is 116 Å². The molecule has 0 amide bonds. The summed E-state index contributed by atoms with van der Waals surface area (Å²) in [6.07, 6.45) is -11.9. The Hall–Kier alpha value is -0.530. The van der Waals surface area contributed by atoms with Crippen molar-refractivity contribution < 1.29 is 116 Å². The predicted molar refractivity (Wildman–Crippen MR) is 125 cm³/mol. The van der Waals surface area contributed by atoms with Gasteiger partial charge in [-0.1, -0.05) is 0 Å². The van der Waals surface area contributed by atoms with Crippen LogP contribution in [0.15, 0.2) is 0 Å². The fraction of sp³-hybridized carbons (Fsp3) is 1.00. The third-order valence-electron chi connectivity index (χ3n) is 6.04. The summed E-state index contributed by atoms with van der Waals surface area (Å²) in [7, 11) is -11.0. The Morgan fingerprint density at radius 2 is 1.04 bits per heavy atom. The molecule has 0 aromatic carbocycles. The number of hydrogen-bond donors (Lipinski definition) is 2. The minimum absolute atomic E-state index is 0. The summed E-state index contributed by atoms with van der Waals surface area (Å²) in [5.74, 6) is -54.9. The number of alkyl halides is 17. The molecule has 1 atom stereocenters. The molecule has 0 aromatic heterocycles. The van der Waals surface area contributed by atoms with Crippen molar-refractivity contribution in [3.05, 3.63) is 0 Å². The zero-order chi connectivity index (χ0) is 37.6. The molecule has 1 unspecified atom stereocenters. The standard InChI is InChI=1S/C18H23F17N2O7S2.Na.H2O/c1-37(2,6-7-38)5-3-4-36(8-10(39)9-45(40,41)42)46(43,44)18(34,35)16(29,30)14(25,26)12(21,22)11(19,20)13(23,24)15(27,28)17(31,32)33;;/h10,38-39H,3-9H2,1-2H3;;1H2. The molecule has 10 nitrogen and oxygen atoms in total. The minimum Gasteiger partial charge on any atom is -0.748 e. The van der Waals surface area contributed by atoms with E-state index in [1.165, 1.54) is 14.1 Å². The average Bonchev–Trinajstić information content (AvgIpc) is 2.80. The second-order valence-corrected chi connectivity index (χ2v) is 13.6. The number of nitrogens with zero attached hydrogens (tertiary/aromatic N) is 2. The molecule has 0 saturated heterocycles. The maximum absolute atomic E-state index is 14.7. The normalized spacial score (nSPS) is 16.0. The summed E-state index contributed by atoms with van der Waals surface area (Å²) >= 11 is 0. The molecule has 48 heavy (non-hydrogen) atoms. The maximum atomic E-state index is 14.7. The number of aliphatic hydroxyl groups is 2. The Bertz CT molecular complexity index is 1280. The van der Waals surface area contributed by atoms with Crippen LogP contribution in [-0.4, -0.2) is 181 Å². The van der Waals surface area contributed by atoms with Gasteiger partial charge >= 0.3 is 47.0 Å². The first-order valence-corrected chi connectivity index (χ1v) is 14.5. The van der Waals surface area contributed by atoms with E-state index in [0.717, 1.165) is 0 Å². The van der Waals surface area contributed by atoms with Gasteiger partial charge in [-0.3, -0.25) is 0 Å². The van der Waals surface area contributed by atoms with Crippen LogP contribution in [0.3, 0.4) is 0 Å². The van der Waals surface area contributed by atoms with Gasteiger partial charge in [0, 0.05) is 49.1 Å². The van der Waals surface area contributed by atoms with E-state index in [4.69, 9.17) is 5.11 Å².